The highest BCUT2D eigenvalue weighted by atomic mass is 19.4. The number of halogens is 3. The number of hydrogen-bond acceptors (Lipinski definition) is 7. The molecule has 1 heterocycles. The molecule has 0 atom stereocenters. The lowest BCUT2D eigenvalue weighted by Crippen LogP contribution is -2.19. The Morgan fingerprint density at radius 1 is 1.09 bits per heavy atom. The van der Waals surface area contributed by atoms with E-state index in [0.29, 0.717) is 23.3 Å². The summed E-state index contributed by atoms with van der Waals surface area (Å²) < 4.78 is 46.4. The van der Waals surface area contributed by atoms with Crippen LogP contribution in [0.5, 0.6) is 5.75 Å². The number of rotatable bonds is 7. The molecule has 0 unspecified atom stereocenters. The molecule has 1 N–H and O–H groups in total. The van der Waals surface area contributed by atoms with Gasteiger partial charge in [0.2, 0.25) is 5.95 Å². The highest BCUT2D eigenvalue weighted by Gasteiger charge is 2.36. The fourth-order valence-corrected chi connectivity index (χ4v) is 2.83. The van der Waals surface area contributed by atoms with Gasteiger partial charge in [-0.2, -0.15) is 18.2 Å². The summed E-state index contributed by atoms with van der Waals surface area (Å²) >= 11 is 0. The van der Waals surface area contributed by atoms with Crippen LogP contribution in [-0.4, -0.2) is 28.0 Å². The summed E-state index contributed by atoms with van der Waals surface area (Å²) in [6, 6.07) is 11.9. The number of hydrogen-bond donors (Lipinski definition) is 1. The summed E-state index contributed by atoms with van der Waals surface area (Å²) in [7, 11) is 1.46. The summed E-state index contributed by atoms with van der Waals surface area (Å²) in [5.41, 5.74) is -0.267. The number of non-ortho nitro benzene ring substituents is 1. The molecule has 3 rings (SSSR count). The molecule has 0 aliphatic heterocycles. The van der Waals surface area contributed by atoms with Gasteiger partial charge in [0.05, 0.1) is 11.0 Å². The predicted molar refractivity (Wildman–Crippen MR) is 114 cm³/mol. The maximum absolute atomic E-state index is 13.6. The Morgan fingerprint density at radius 3 is 2.25 bits per heavy atom. The maximum Gasteiger partial charge on any atom is 0.421 e. The van der Waals surface area contributed by atoms with E-state index in [1.54, 1.807) is 24.3 Å². The number of benzene rings is 2. The molecule has 0 bridgehead atoms. The Morgan fingerprint density at radius 2 is 1.72 bits per heavy atom. The molecule has 0 spiro atoms. The van der Waals surface area contributed by atoms with Crippen molar-refractivity contribution in [2.45, 2.75) is 26.1 Å². The van der Waals surface area contributed by atoms with Crippen LogP contribution in [0.2, 0.25) is 0 Å². The second kappa shape index (κ2) is 9.08. The fourth-order valence-electron chi connectivity index (χ4n) is 2.83. The Balaban J connectivity index is 1.92. The van der Waals surface area contributed by atoms with Crippen LogP contribution in [0.25, 0.3) is 0 Å². The summed E-state index contributed by atoms with van der Waals surface area (Å²) in [6.45, 7) is 3.74. The van der Waals surface area contributed by atoms with Gasteiger partial charge in [-0.25, -0.2) is 4.98 Å². The monoisotopic (exact) mass is 447 g/mol. The van der Waals surface area contributed by atoms with E-state index in [1.807, 2.05) is 13.8 Å². The van der Waals surface area contributed by atoms with Crippen molar-refractivity contribution in [1.29, 1.82) is 0 Å². The van der Waals surface area contributed by atoms with Crippen LogP contribution in [0.3, 0.4) is 0 Å². The van der Waals surface area contributed by atoms with Crippen molar-refractivity contribution in [2.24, 2.45) is 0 Å². The molecule has 0 aliphatic rings. The zero-order valence-corrected chi connectivity index (χ0v) is 17.4. The largest absolute Gasteiger partial charge is 0.491 e. The minimum atomic E-state index is -4.67. The van der Waals surface area contributed by atoms with Gasteiger partial charge in [-0.15, -0.1) is 0 Å². The number of nitrogens with one attached hydrogen (secondary N) is 1. The first-order chi connectivity index (χ1) is 15.0. The second-order valence-electron chi connectivity index (χ2n) is 7.08. The first kappa shape index (κ1) is 22.8. The summed E-state index contributed by atoms with van der Waals surface area (Å²) in [5, 5.41) is 13.5. The number of ether oxygens (including phenoxy) is 1. The van der Waals surface area contributed by atoms with Crippen LogP contribution < -0.4 is 15.0 Å². The lowest BCUT2D eigenvalue weighted by Gasteiger charge is -2.23. The predicted octanol–water partition coefficient (Wildman–Crippen LogP) is 5.70. The SMILES string of the molecule is CC(C)Oc1ccc(N(C)c2nc(Nc3ccc([N+](=O)[O-])cc3)ncc2C(F)(F)F)cc1. The number of anilines is 4. The van der Waals surface area contributed by atoms with Crippen LogP contribution in [0.1, 0.15) is 19.4 Å². The van der Waals surface area contributed by atoms with Crippen molar-refractivity contribution >= 4 is 28.8 Å². The molecular formula is C21H20F3N5O3. The number of nitro groups is 1. The standard InChI is InChI=1S/C21H20F3N5O3/c1-13(2)32-17-10-8-15(9-11-17)28(3)19-18(21(22,23)24)12-25-20(27-19)26-14-4-6-16(7-5-14)29(30)31/h4-13H,1-3H3,(H,25,26,27). The van der Waals surface area contributed by atoms with Crippen LogP contribution in [0, 0.1) is 10.1 Å². The Labute approximate surface area is 181 Å². The van der Waals surface area contributed by atoms with Crippen LogP contribution >= 0.6 is 0 Å². The lowest BCUT2D eigenvalue weighted by atomic mass is 10.2. The van der Waals surface area contributed by atoms with Gasteiger partial charge in [0, 0.05) is 36.8 Å². The molecule has 32 heavy (non-hydrogen) atoms. The molecule has 0 saturated carbocycles. The average molecular weight is 447 g/mol. The van der Waals surface area contributed by atoms with Crippen molar-refractivity contribution < 1.29 is 22.8 Å². The van der Waals surface area contributed by atoms with Crippen LogP contribution in [0.15, 0.2) is 54.7 Å². The van der Waals surface area contributed by atoms with Crippen molar-refractivity contribution in [3.05, 3.63) is 70.4 Å². The average Bonchev–Trinajstić information content (AvgIpc) is 2.73. The van der Waals surface area contributed by atoms with E-state index >= 15 is 0 Å². The highest BCUT2D eigenvalue weighted by molar-refractivity contribution is 5.65. The third kappa shape index (κ3) is 5.42. The molecule has 168 valence electrons. The fraction of sp³-hybridized carbons (Fsp3) is 0.238. The Hall–Kier alpha value is -3.89. The molecular weight excluding hydrogens is 427 g/mol. The first-order valence-corrected chi connectivity index (χ1v) is 9.51. The quantitative estimate of drug-likeness (QED) is 0.367. The maximum atomic E-state index is 13.6. The van der Waals surface area contributed by atoms with E-state index in [1.165, 1.54) is 36.2 Å². The first-order valence-electron chi connectivity index (χ1n) is 9.51. The van der Waals surface area contributed by atoms with E-state index in [-0.39, 0.29) is 23.6 Å². The minimum absolute atomic E-state index is 0.0367. The highest BCUT2D eigenvalue weighted by Crippen LogP contribution is 2.38. The van der Waals surface area contributed by atoms with E-state index in [9.17, 15) is 23.3 Å². The van der Waals surface area contributed by atoms with E-state index in [0.717, 1.165) is 0 Å². The lowest BCUT2D eigenvalue weighted by molar-refractivity contribution is -0.384. The molecule has 0 radical (unpaired) electrons. The van der Waals surface area contributed by atoms with E-state index < -0.39 is 16.7 Å². The molecule has 2 aromatic carbocycles. The van der Waals surface area contributed by atoms with E-state index in [4.69, 9.17) is 4.74 Å². The van der Waals surface area contributed by atoms with Crippen LogP contribution in [0.4, 0.5) is 42.0 Å². The number of aromatic nitrogens is 2. The molecule has 0 saturated heterocycles. The molecule has 1 aromatic heterocycles. The molecule has 0 aliphatic carbocycles. The summed E-state index contributed by atoms with van der Waals surface area (Å²) in [4.78, 5) is 19.3. The Kier molecular flexibility index (Phi) is 6.47. The van der Waals surface area contributed by atoms with E-state index in [2.05, 4.69) is 15.3 Å². The van der Waals surface area contributed by atoms with Gasteiger partial charge >= 0.3 is 6.18 Å². The van der Waals surface area contributed by atoms with Crippen LogP contribution in [-0.2, 0) is 6.18 Å². The third-order valence-electron chi connectivity index (χ3n) is 4.32. The molecule has 3 aromatic rings. The van der Waals surface area contributed by atoms with Gasteiger partial charge in [-0.3, -0.25) is 10.1 Å². The Bertz CT molecular complexity index is 1090. The smallest absolute Gasteiger partial charge is 0.421 e. The third-order valence-corrected chi connectivity index (χ3v) is 4.32. The number of alkyl halides is 3. The van der Waals surface area contributed by atoms with Gasteiger partial charge in [0.15, 0.2) is 5.82 Å². The van der Waals surface area contributed by atoms with Gasteiger partial charge in [-0.1, -0.05) is 0 Å². The van der Waals surface area contributed by atoms with Gasteiger partial charge in [0.25, 0.3) is 5.69 Å². The van der Waals surface area contributed by atoms with Crippen molar-refractivity contribution in [3.8, 4) is 5.75 Å². The topological polar surface area (TPSA) is 93.4 Å². The van der Waals surface area contributed by atoms with Crippen molar-refractivity contribution in [1.82, 2.24) is 9.97 Å². The normalized spacial score (nSPS) is 11.3. The zero-order valence-electron chi connectivity index (χ0n) is 17.4. The molecule has 8 nitrogen and oxygen atoms in total. The van der Waals surface area contributed by atoms with Gasteiger partial charge < -0.3 is 15.0 Å². The molecule has 0 amide bonds. The number of nitro benzene ring substituents is 1. The molecule has 11 heteroatoms. The second-order valence-corrected chi connectivity index (χ2v) is 7.08. The summed E-state index contributed by atoms with van der Waals surface area (Å²) in [6.07, 6.45) is -4.01. The number of nitrogens with zero attached hydrogens (tertiary/aromatic N) is 4. The summed E-state index contributed by atoms with van der Waals surface area (Å²) in [5.74, 6) is 0.152. The van der Waals surface area contributed by atoms with Crippen molar-refractivity contribution in [2.75, 3.05) is 17.3 Å². The van der Waals surface area contributed by atoms with Crippen molar-refractivity contribution in [3.63, 3.8) is 0 Å². The molecule has 0 fully saturated rings. The zero-order chi connectivity index (χ0) is 23.5. The minimum Gasteiger partial charge on any atom is -0.491 e. The van der Waals surface area contributed by atoms with Gasteiger partial charge in [-0.05, 0) is 50.2 Å². The van der Waals surface area contributed by atoms with Gasteiger partial charge in [0.1, 0.15) is 11.3 Å².